The average molecular weight is 333 g/mol. The number of sulfone groups is 1. The third-order valence-corrected chi connectivity index (χ3v) is 5.27. The molecule has 1 aromatic rings. The Balaban J connectivity index is 0.00000220. The van der Waals surface area contributed by atoms with Crippen molar-refractivity contribution in [3.8, 4) is 0 Å². The number of piperidine rings is 1. The zero-order valence-corrected chi connectivity index (χ0v) is 13.6. The van der Waals surface area contributed by atoms with Crippen LogP contribution in [0.1, 0.15) is 30.1 Å². The fourth-order valence-corrected chi connectivity index (χ4v) is 3.41. The third-order valence-electron chi connectivity index (χ3n) is 3.48. The van der Waals surface area contributed by atoms with Gasteiger partial charge in [0.25, 0.3) is 5.91 Å². The highest BCUT2D eigenvalue weighted by molar-refractivity contribution is 7.91. The lowest BCUT2D eigenvalue weighted by Crippen LogP contribution is -2.45. The van der Waals surface area contributed by atoms with Crippen LogP contribution in [-0.4, -0.2) is 39.2 Å². The molecule has 0 radical (unpaired) electrons. The van der Waals surface area contributed by atoms with E-state index in [2.05, 4.69) is 10.6 Å². The lowest BCUT2D eigenvalue weighted by atomic mass is 10.1. The summed E-state index contributed by atoms with van der Waals surface area (Å²) in [6, 6.07) is 6.44. The number of carbonyl (C=O) groups excluding carboxylic acids is 1. The Morgan fingerprint density at radius 2 is 2.10 bits per heavy atom. The maximum Gasteiger partial charge on any atom is 0.252 e. The molecule has 21 heavy (non-hydrogen) atoms. The van der Waals surface area contributed by atoms with Gasteiger partial charge in [0.2, 0.25) is 0 Å². The third kappa shape index (κ3) is 4.43. The topological polar surface area (TPSA) is 75.3 Å². The second kappa shape index (κ2) is 7.77. The van der Waals surface area contributed by atoms with E-state index in [9.17, 15) is 13.2 Å². The van der Waals surface area contributed by atoms with E-state index >= 15 is 0 Å². The van der Waals surface area contributed by atoms with Crippen LogP contribution in [0.3, 0.4) is 0 Å². The Morgan fingerprint density at radius 3 is 2.71 bits per heavy atom. The van der Waals surface area contributed by atoms with Crippen molar-refractivity contribution >= 4 is 28.2 Å². The molecule has 118 valence electrons. The number of hydrogen-bond donors (Lipinski definition) is 2. The van der Waals surface area contributed by atoms with Gasteiger partial charge in [0.1, 0.15) is 0 Å². The highest BCUT2D eigenvalue weighted by Crippen LogP contribution is 2.17. The highest BCUT2D eigenvalue weighted by Gasteiger charge is 2.22. The molecule has 5 nitrogen and oxygen atoms in total. The first kappa shape index (κ1) is 17.9. The quantitative estimate of drug-likeness (QED) is 0.873. The van der Waals surface area contributed by atoms with Gasteiger partial charge in [-0.2, -0.15) is 0 Å². The second-order valence-electron chi connectivity index (χ2n) is 4.92. The summed E-state index contributed by atoms with van der Waals surface area (Å²) in [6.07, 6.45) is 1.93. The van der Waals surface area contributed by atoms with Crippen LogP contribution in [0, 0.1) is 0 Å². The fourth-order valence-electron chi connectivity index (χ4n) is 2.32. The number of nitrogens with one attached hydrogen (secondary N) is 2. The summed E-state index contributed by atoms with van der Waals surface area (Å²) in [5, 5.41) is 6.12. The van der Waals surface area contributed by atoms with Crippen molar-refractivity contribution in [2.24, 2.45) is 0 Å². The smallest absolute Gasteiger partial charge is 0.252 e. The molecule has 2 rings (SSSR count). The molecule has 1 atom stereocenters. The monoisotopic (exact) mass is 332 g/mol. The number of carbonyl (C=O) groups is 1. The molecule has 1 saturated heterocycles. The molecule has 1 heterocycles. The molecule has 0 spiro atoms. The van der Waals surface area contributed by atoms with Gasteiger partial charge in [0.05, 0.1) is 16.2 Å². The predicted molar refractivity (Wildman–Crippen MR) is 84.8 cm³/mol. The molecule has 0 aromatic heterocycles. The van der Waals surface area contributed by atoms with Crippen LogP contribution in [-0.2, 0) is 9.84 Å². The van der Waals surface area contributed by atoms with Crippen molar-refractivity contribution in [2.45, 2.75) is 30.7 Å². The molecule has 0 aliphatic carbocycles. The standard InChI is InChI=1S/C14H20N2O3S.ClH/c1-2-20(18,19)13-8-4-3-7-12(13)14(17)16-11-6-5-9-15-10-11;/h3-4,7-8,11,15H,2,5-6,9-10H2,1H3,(H,16,17);1H. The summed E-state index contributed by atoms with van der Waals surface area (Å²) in [7, 11) is -3.39. The largest absolute Gasteiger partial charge is 0.348 e. The van der Waals surface area contributed by atoms with Gasteiger partial charge in [-0.3, -0.25) is 4.79 Å². The van der Waals surface area contributed by atoms with Crippen molar-refractivity contribution in [3.05, 3.63) is 29.8 Å². The molecule has 1 amide bonds. The maximum absolute atomic E-state index is 12.3. The zero-order valence-electron chi connectivity index (χ0n) is 12.0. The molecular formula is C14H21ClN2O3S. The van der Waals surface area contributed by atoms with Crippen LogP contribution in [0.15, 0.2) is 29.2 Å². The zero-order chi connectivity index (χ0) is 14.6. The minimum absolute atomic E-state index is 0. The van der Waals surface area contributed by atoms with E-state index in [4.69, 9.17) is 0 Å². The van der Waals surface area contributed by atoms with Crippen molar-refractivity contribution in [2.75, 3.05) is 18.8 Å². The highest BCUT2D eigenvalue weighted by atomic mass is 35.5. The van der Waals surface area contributed by atoms with E-state index in [0.29, 0.717) is 0 Å². The first-order valence-electron chi connectivity index (χ1n) is 6.88. The first-order chi connectivity index (χ1) is 9.54. The van der Waals surface area contributed by atoms with Crippen molar-refractivity contribution in [3.63, 3.8) is 0 Å². The molecule has 0 saturated carbocycles. The van der Waals surface area contributed by atoms with E-state index in [1.54, 1.807) is 25.1 Å². The summed E-state index contributed by atoms with van der Waals surface area (Å²) >= 11 is 0. The van der Waals surface area contributed by atoms with E-state index in [1.807, 2.05) is 0 Å². The molecule has 1 unspecified atom stereocenters. The van der Waals surface area contributed by atoms with E-state index in [1.165, 1.54) is 6.07 Å². The summed E-state index contributed by atoms with van der Waals surface area (Å²) in [5.74, 6) is -0.325. The summed E-state index contributed by atoms with van der Waals surface area (Å²) < 4.78 is 24.1. The van der Waals surface area contributed by atoms with E-state index < -0.39 is 9.84 Å². The second-order valence-corrected chi connectivity index (χ2v) is 7.16. The Kier molecular flexibility index (Phi) is 6.64. The summed E-state index contributed by atoms with van der Waals surface area (Å²) in [5.41, 5.74) is 0.236. The minimum atomic E-state index is -3.39. The Morgan fingerprint density at radius 1 is 1.38 bits per heavy atom. The summed E-state index contributed by atoms with van der Waals surface area (Å²) in [4.78, 5) is 12.4. The number of hydrogen-bond acceptors (Lipinski definition) is 4. The van der Waals surface area contributed by atoms with Crippen molar-refractivity contribution in [1.29, 1.82) is 0 Å². The van der Waals surface area contributed by atoms with E-state index in [-0.39, 0.29) is 40.6 Å². The molecule has 7 heteroatoms. The van der Waals surface area contributed by atoms with Gasteiger partial charge < -0.3 is 10.6 Å². The Hall–Kier alpha value is -1.11. The van der Waals surface area contributed by atoms with Crippen molar-refractivity contribution < 1.29 is 13.2 Å². The number of rotatable bonds is 4. The van der Waals surface area contributed by atoms with Gasteiger partial charge in [-0.15, -0.1) is 12.4 Å². The fraction of sp³-hybridized carbons (Fsp3) is 0.500. The molecular weight excluding hydrogens is 312 g/mol. The van der Waals surface area contributed by atoms with Gasteiger partial charge in [-0.05, 0) is 31.5 Å². The number of halogens is 1. The van der Waals surface area contributed by atoms with Gasteiger partial charge in [0, 0.05) is 12.6 Å². The van der Waals surface area contributed by atoms with Crippen LogP contribution in [0.2, 0.25) is 0 Å². The number of amides is 1. The van der Waals surface area contributed by atoms with Crippen LogP contribution in [0.25, 0.3) is 0 Å². The van der Waals surface area contributed by atoms with Gasteiger partial charge in [0.15, 0.2) is 9.84 Å². The molecule has 1 fully saturated rings. The van der Waals surface area contributed by atoms with Gasteiger partial charge >= 0.3 is 0 Å². The molecule has 1 aliphatic heterocycles. The lowest BCUT2D eigenvalue weighted by Gasteiger charge is -2.24. The van der Waals surface area contributed by atoms with Crippen LogP contribution in [0.4, 0.5) is 0 Å². The lowest BCUT2D eigenvalue weighted by molar-refractivity contribution is 0.0927. The van der Waals surface area contributed by atoms with E-state index in [0.717, 1.165) is 25.9 Å². The Bertz CT molecular complexity index is 584. The van der Waals surface area contributed by atoms with Crippen LogP contribution < -0.4 is 10.6 Å². The molecule has 2 N–H and O–H groups in total. The molecule has 0 bridgehead atoms. The minimum Gasteiger partial charge on any atom is -0.348 e. The van der Waals surface area contributed by atoms with Gasteiger partial charge in [-0.25, -0.2) is 8.42 Å². The first-order valence-corrected chi connectivity index (χ1v) is 8.53. The molecule has 1 aliphatic rings. The number of benzene rings is 1. The van der Waals surface area contributed by atoms with Gasteiger partial charge in [-0.1, -0.05) is 19.1 Å². The molecule has 1 aromatic carbocycles. The Labute approximate surface area is 131 Å². The predicted octanol–water partition coefficient (Wildman–Crippen LogP) is 1.38. The normalized spacial score (nSPS) is 18.6. The van der Waals surface area contributed by atoms with Crippen LogP contribution in [0.5, 0.6) is 0 Å². The SMILES string of the molecule is CCS(=O)(=O)c1ccccc1C(=O)NC1CCCNC1.Cl. The average Bonchev–Trinajstić information content (AvgIpc) is 2.48. The van der Waals surface area contributed by atoms with Crippen LogP contribution >= 0.6 is 12.4 Å². The maximum atomic E-state index is 12.3. The van der Waals surface area contributed by atoms with Crippen molar-refractivity contribution in [1.82, 2.24) is 10.6 Å². The summed E-state index contributed by atoms with van der Waals surface area (Å²) in [6.45, 7) is 3.27.